The number of nitrogens with one attached hydrogen (secondary N) is 1. The fraction of sp³-hybridized carbons (Fsp3) is 0.938. The lowest BCUT2D eigenvalue weighted by Gasteiger charge is -2.23. The van der Waals surface area contributed by atoms with Crippen molar-refractivity contribution in [3.8, 4) is 0 Å². The van der Waals surface area contributed by atoms with Crippen LogP contribution >= 0.6 is 0 Å². The molecule has 1 saturated heterocycles. The van der Waals surface area contributed by atoms with Crippen LogP contribution < -0.4 is 5.32 Å². The highest BCUT2D eigenvalue weighted by atomic mass is 16.5. The quantitative estimate of drug-likeness (QED) is 0.696. The molecular weight excluding hydrogens is 252 g/mol. The molecular formula is C16H30N2O2. The normalized spacial score (nSPS) is 25.0. The van der Waals surface area contributed by atoms with Gasteiger partial charge in [-0.2, -0.15) is 0 Å². The van der Waals surface area contributed by atoms with Gasteiger partial charge in [0.25, 0.3) is 0 Å². The first-order chi connectivity index (χ1) is 9.73. The van der Waals surface area contributed by atoms with Crippen molar-refractivity contribution in [3.63, 3.8) is 0 Å². The number of carbonyl (C=O) groups is 1. The monoisotopic (exact) mass is 282 g/mol. The van der Waals surface area contributed by atoms with E-state index in [9.17, 15) is 4.79 Å². The second-order valence-corrected chi connectivity index (χ2v) is 6.29. The van der Waals surface area contributed by atoms with Gasteiger partial charge in [0.1, 0.15) is 0 Å². The molecule has 1 heterocycles. The molecule has 1 aliphatic carbocycles. The molecule has 1 amide bonds. The summed E-state index contributed by atoms with van der Waals surface area (Å²) in [5, 5.41) is 3.67. The van der Waals surface area contributed by atoms with Gasteiger partial charge in [0.15, 0.2) is 0 Å². The van der Waals surface area contributed by atoms with Crippen molar-refractivity contribution >= 4 is 5.91 Å². The summed E-state index contributed by atoms with van der Waals surface area (Å²) in [5.41, 5.74) is -0.202. The SMILES string of the molecule is CCCC1NC2(CCCC2)C(=O)N1CCCCCOC. The summed E-state index contributed by atoms with van der Waals surface area (Å²) in [5.74, 6) is 0.375. The van der Waals surface area contributed by atoms with Crippen LogP contribution in [-0.2, 0) is 9.53 Å². The van der Waals surface area contributed by atoms with Crippen LogP contribution in [0.5, 0.6) is 0 Å². The zero-order valence-corrected chi connectivity index (χ0v) is 13.1. The van der Waals surface area contributed by atoms with Gasteiger partial charge in [-0.25, -0.2) is 0 Å². The van der Waals surface area contributed by atoms with Crippen molar-refractivity contribution in [2.75, 3.05) is 20.3 Å². The molecule has 0 aromatic carbocycles. The Morgan fingerprint density at radius 2 is 2.05 bits per heavy atom. The van der Waals surface area contributed by atoms with Crippen LogP contribution in [0.25, 0.3) is 0 Å². The molecule has 20 heavy (non-hydrogen) atoms. The Labute approximate surface area is 123 Å². The summed E-state index contributed by atoms with van der Waals surface area (Å²) >= 11 is 0. The Kier molecular flexibility index (Phi) is 5.85. The minimum atomic E-state index is -0.202. The van der Waals surface area contributed by atoms with E-state index in [0.717, 1.165) is 58.1 Å². The molecule has 1 aliphatic heterocycles. The van der Waals surface area contributed by atoms with Gasteiger partial charge in [-0.1, -0.05) is 26.2 Å². The van der Waals surface area contributed by atoms with Crippen LogP contribution in [0, 0.1) is 0 Å². The zero-order chi connectivity index (χ0) is 14.4. The molecule has 2 aliphatic rings. The number of carbonyl (C=O) groups excluding carboxylic acids is 1. The minimum Gasteiger partial charge on any atom is -0.385 e. The highest BCUT2D eigenvalue weighted by Crippen LogP contribution is 2.37. The van der Waals surface area contributed by atoms with Crippen LogP contribution in [0.1, 0.15) is 64.7 Å². The van der Waals surface area contributed by atoms with Gasteiger partial charge in [-0.3, -0.25) is 10.1 Å². The van der Waals surface area contributed by atoms with Crippen LogP contribution in [-0.4, -0.2) is 42.8 Å². The van der Waals surface area contributed by atoms with E-state index < -0.39 is 0 Å². The van der Waals surface area contributed by atoms with E-state index in [1.807, 2.05) is 0 Å². The van der Waals surface area contributed by atoms with Gasteiger partial charge < -0.3 is 9.64 Å². The molecule has 1 N–H and O–H groups in total. The molecule has 0 aromatic rings. The van der Waals surface area contributed by atoms with E-state index in [4.69, 9.17) is 4.74 Å². The van der Waals surface area contributed by atoms with Crippen LogP contribution in [0.2, 0.25) is 0 Å². The number of ether oxygens (including phenoxy) is 1. The van der Waals surface area contributed by atoms with Crippen LogP contribution in [0.3, 0.4) is 0 Å². The largest absolute Gasteiger partial charge is 0.385 e. The maximum absolute atomic E-state index is 12.8. The lowest BCUT2D eigenvalue weighted by Crippen LogP contribution is -2.44. The summed E-state index contributed by atoms with van der Waals surface area (Å²) in [4.78, 5) is 14.9. The van der Waals surface area contributed by atoms with E-state index in [1.165, 1.54) is 12.8 Å². The zero-order valence-electron chi connectivity index (χ0n) is 13.1. The van der Waals surface area contributed by atoms with Gasteiger partial charge in [0, 0.05) is 20.3 Å². The number of hydrogen-bond acceptors (Lipinski definition) is 3. The maximum atomic E-state index is 12.8. The summed E-state index contributed by atoms with van der Waals surface area (Å²) in [6.07, 6.45) is 10.3. The molecule has 1 atom stereocenters. The van der Waals surface area contributed by atoms with Crippen molar-refractivity contribution in [1.82, 2.24) is 10.2 Å². The van der Waals surface area contributed by atoms with Gasteiger partial charge in [0.05, 0.1) is 11.7 Å². The van der Waals surface area contributed by atoms with Crippen molar-refractivity contribution < 1.29 is 9.53 Å². The molecule has 0 radical (unpaired) electrons. The molecule has 116 valence electrons. The third-order valence-electron chi connectivity index (χ3n) is 4.76. The molecule has 2 rings (SSSR count). The number of amides is 1. The first-order valence-electron chi connectivity index (χ1n) is 8.31. The third-order valence-corrected chi connectivity index (χ3v) is 4.76. The van der Waals surface area contributed by atoms with Gasteiger partial charge in [0.2, 0.25) is 5.91 Å². The van der Waals surface area contributed by atoms with E-state index in [1.54, 1.807) is 7.11 Å². The average Bonchev–Trinajstić information content (AvgIpc) is 3.00. The molecule has 0 bridgehead atoms. The van der Waals surface area contributed by atoms with Crippen molar-refractivity contribution in [3.05, 3.63) is 0 Å². The van der Waals surface area contributed by atoms with Gasteiger partial charge in [-0.15, -0.1) is 0 Å². The molecule has 4 heteroatoms. The molecule has 4 nitrogen and oxygen atoms in total. The van der Waals surface area contributed by atoms with Crippen molar-refractivity contribution in [2.45, 2.75) is 76.4 Å². The highest BCUT2D eigenvalue weighted by molar-refractivity contribution is 5.89. The minimum absolute atomic E-state index is 0.202. The third kappa shape index (κ3) is 3.34. The summed E-state index contributed by atoms with van der Waals surface area (Å²) < 4.78 is 5.08. The van der Waals surface area contributed by atoms with Crippen molar-refractivity contribution in [1.29, 1.82) is 0 Å². The Bertz CT molecular complexity index is 314. The fourth-order valence-electron chi connectivity index (χ4n) is 3.68. The molecule has 0 aromatic heterocycles. The Balaban J connectivity index is 1.88. The summed E-state index contributed by atoms with van der Waals surface area (Å²) in [6, 6.07) is 0. The predicted molar refractivity (Wildman–Crippen MR) is 80.5 cm³/mol. The second kappa shape index (κ2) is 7.41. The molecule has 1 spiro atoms. The summed E-state index contributed by atoms with van der Waals surface area (Å²) in [6.45, 7) is 3.93. The lowest BCUT2D eigenvalue weighted by molar-refractivity contribution is -0.133. The number of methoxy groups -OCH3 is 1. The molecule has 2 fully saturated rings. The van der Waals surface area contributed by atoms with Gasteiger partial charge in [-0.05, 0) is 38.5 Å². The molecule has 1 saturated carbocycles. The summed E-state index contributed by atoms with van der Waals surface area (Å²) in [7, 11) is 1.75. The Hall–Kier alpha value is -0.610. The fourth-order valence-corrected chi connectivity index (χ4v) is 3.68. The highest BCUT2D eigenvalue weighted by Gasteiger charge is 2.51. The Morgan fingerprint density at radius 3 is 2.70 bits per heavy atom. The van der Waals surface area contributed by atoms with E-state index in [2.05, 4.69) is 17.1 Å². The average molecular weight is 282 g/mol. The number of hydrogen-bond donors (Lipinski definition) is 1. The number of rotatable bonds is 8. The predicted octanol–water partition coefficient (Wildman–Crippen LogP) is 2.67. The van der Waals surface area contributed by atoms with Crippen LogP contribution in [0.15, 0.2) is 0 Å². The smallest absolute Gasteiger partial charge is 0.244 e. The first kappa shape index (κ1) is 15.8. The van der Waals surface area contributed by atoms with Crippen molar-refractivity contribution in [2.24, 2.45) is 0 Å². The van der Waals surface area contributed by atoms with E-state index in [0.29, 0.717) is 5.91 Å². The molecule has 1 unspecified atom stereocenters. The Morgan fingerprint density at radius 1 is 1.30 bits per heavy atom. The second-order valence-electron chi connectivity index (χ2n) is 6.29. The van der Waals surface area contributed by atoms with E-state index >= 15 is 0 Å². The van der Waals surface area contributed by atoms with Gasteiger partial charge >= 0.3 is 0 Å². The topological polar surface area (TPSA) is 41.6 Å². The first-order valence-corrected chi connectivity index (χ1v) is 8.31. The van der Waals surface area contributed by atoms with E-state index in [-0.39, 0.29) is 11.7 Å². The maximum Gasteiger partial charge on any atom is 0.244 e. The lowest BCUT2D eigenvalue weighted by atomic mass is 9.98. The number of nitrogens with zero attached hydrogens (tertiary/aromatic N) is 1. The standard InChI is InChI=1S/C16H30N2O2/c1-3-9-14-17-16(10-5-6-11-16)15(19)18(14)12-7-4-8-13-20-2/h14,17H,3-13H2,1-2H3. The van der Waals surface area contributed by atoms with Crippen LogP contribution in [0.4, 0.5) is 0 Å². The number of unbranched alkanes of at least 4 members (excludes halogenated alkanes) is 2.